The Morgan fingerprint density at radius 2 is 2.28 bits per heavy atom. The zero-order chi connectivity index (χ0) is 13.0. The number of aryl methyl sites for hydroxylation is 2. The van der Waals surface area contributed by atoms with Gasteiger partial charge < -0.3 is 4.57 Å². The molecule has 2 aromatic rings. The number of aromatic nitrogens is 3. The summed E-state index contributed by atoms with van der Waals surface area (Å²) in [5.74, 6) is 1.03. The summed E-state index contributed by atoms with van der Waals surface area (Å²) in [4.78, 5) is 20.5. The summed E-state index contributed by atoms with van der Waals surface area (Å²) < 4.78 is 2.05. The highest BCUT2D eigenvalue weighted by atomic mass is 32.1. The maximum atomic E-state index is 12.0. The third-order valence-electron chi connectivity index (χ3n) is 2.64. The fourth-order valence-corrected chi connectivity index (χ4v) is 2.64. The molecule has 0 bridgehead atoms. The van der Waals surface area contributed by atoms with Gasteiger partial charge in [-0.3, -0.25) is 4.79 Å². The molecule has 2 heterocycles. The van der Waals surface area contributed by atoms with Crippen LogP contribution in [0, 0.1) is 6.92 Å². The van der Waals surface area contributed by atoms with E-state index in [0.717, 1.165) is 29.5 Å². The highest BCUT2D eigenvalue weighted by Gasteiger charge is 2.11. The third kappa shape index (κ3) is 3.26. The third-order valence-corrected chi connectivity index (χ3v) is 3.60. The summed E-state index contributed by atoms with van der Waals surface area (Å²) in [5, 5.41) is 2.87. The van der Waals surface area contributed by atoms with Gasteiger partial charge in [-0.15, -0.1) is 11.3 Å². The number of hydrogen-bond acceptors (Lipinski definition) is 4. The maximum absolute atomic E-state index is 12.0. The number of thiazole rings is 1. The van der Waals surface area contributed by atoms with Gasteiger partial charge in [0.2, 0.25) is 0 Å². The Kier molecular flexibility index (Phi) is 4.25. The molecule has 0 aliphatic heterocycles. The predicted octanol–water partition coefficient (Wildman–Crippen LogP) is 2.41. The van der Waals surface area contributed by atoms with Crippen molar-refractivity contribution in [2.75, 3.05) is 0 Å². The molecule has 96 valence electrons. The van der Waals surface area contributed by atoms with Gasteiger partial charge in [-0.2, -0.15) is 0 Å². The summed E-state index contributed by atoms with van der Waals surface area (Å²) in [6.45, 7) is 4.97. The number of rotatable bonds is 6. The maximum Gasteiger partial charge on any atom is 0.147 e. The Hall–Kier alpha value is -1.49. The molecule has 2 rings (SSSR count). The molecule has 0 spiro atoms. The van der Waals surface area contributed by atoms with Crippen LogP contribution in [0.4, 0.5) is 0 Å². The Bertz CT molecular complexity index is 530. The van der Waals surface area contributed by atoms with Crippen molar-refractivity contribution in [2.24, 2.45) is 0 Å². The van der Waals surface area contributed by atoms with Gasteiger partial charge in [0.15, 0.2) is 0 Å². The van der Waals surface area contributed by atoms with Crippen molar-refractivity contribution in [1.29, 1.82) is 0 Å². The topological polar surface area (TPSA) is 47.8 Å². The molecule has 0 aromatic carbocycles. The second-order valence-corrected chi connectivity index (χ2v) is 5.25. The van der Waals surface area contributed by atoms with Crippen LogP contribution in [0.2, 0.25) is 0 Å². The molecule has 4 nitrogen and oxygen atoms in total. The van der Waals surface area contributed by atoms with E-state index in [4.69, 9.17) is 0 Å². The normalized spacial score (nSPS) is 10.8. The van der Waals surface area contributed by atoms with Gasteiger partial charge in [0.1, 0.15) is 16.6 Å². The molecule has 5 heteroatoms. The van der Waals surface area contributed by atoms with Crippen molar-refractivity contribution in [2.45, 2.75) is 39.7 Å². The van der Waals surface area contributed by atoms with E-state index in [-0.39, 0.29) is 5.78 Å². The van der Waals surface area contributed by atoms with Crippen molar-refractivity contribution in [3.05, 3.63) is 34.3 Å². The monoisotopic (exact) mass is 263 g/mol. The molecule has 0 radical (unpaired) electrons. The van der Waals surface area contributed by atoms with Gasteiger partial charge in [0.25, 0.3) is 0 Å². The lowest BCUT2D eigenvalue weighted by molar-refractivity contribution is -0.117. The van der Waals surface area contributed by atoms with Crippen molar-refractivity contribution in [3.8, 4) is 0 Å². The largest absolute Gasteiger partial charge is 0.335 e. The van der Waals surface area contributed by atoms with Crippen molar-refractivity contribution in [1.82, 2.24) is 14.5 Å². The van der Waals surface area contributed by atoms with E-state index in [1.807, 2.05) is 23.1 Å². The Labute approximate surface area is 111 Å². The number of carbonyl (C=O) groups excluding carboxylic acids is 1. The van der Waals surface area contributed by atoms with Gasteiger partial charge in [0.05, 0.1) is 12.8 Å². The number of carbonyl (C=O) groups is 1. The first-order chi connectivity index (χ1) is 8.69. The zero-order valence-electron chi connectivity index (χ0n) is 10.7. The van der Waals surface area contributed by atoms with Crippen LogP contribution in [-0.4, -0.2) is 20.3 Å². The predicted molar refractivity (Wildman–Crippen MR) is 71.8 cm³/mol. The average Bonchev–Trinajstić information content (AvgIpc) is 2.90. The molecule has 2 aromatic heterocycles. The molecule has 0 unspecified atom stereocenters. The number of Topliss-reactive ketones (excluding diaryl/α,β-unsaturated/α-hetero) is 1. The summed E-state index contributed by atoms with van der Waals surface area (Å²) in [6, 6.07) is 0. The summed E-state index contributed by atoms with van der Waals surface area (Å²) in [5.41, 5.74) is 0.982. The number of hydrogen-bond donors (Lipinski definition) is 0. The highest BCUT2D eigenvalue weighted by Crippen LogP contribution is 2.11. The van der Waals surface area contributed by atoms with Gasteiger partial charge in [-0.25, -0.2) is 9.97 Å². The van der Waals surface area contributed by atoms with E-state index in [0.29, 0.717) is 12.8 Å². The lowest BCUT2D eigenvalue weighted by Crippen LogP contribution is -2.12. The molecule has 0 aliphatic carbocycles. The Morgan fingerprint density at radius 3 is 2.94 bits per heavy atom. The summed E-state index contributed by atoms with van der Waals surface area (Å²) >= 11 is 1.55. The van der Waals surface area contributed by atoms with Gasteiger partial charge in [-0.1, -0.05) is 6.92 Å². The molecule has 0 saturated carbocycles. The van der Waals surface area contributed by atoms with Crippen LogP contribution in [-0.2, 0) is 24.2 Å². The zero-order valence-corrected chi connectivity index (χ0v) is 11.5. The smallest absolute Gasteiger partial charge is 0.147 e. The minimum Gasteiger partial charge on any atom is -0.335 e. The van der Waals surface area contributed by atoms with Crippen LogP contribution in [0.3, 0.4) is 0 Å². The van der Waals surface area contributed by atoms with Crippen LogP contribution in [0.25, 0.3) is 0 Å². The van der Waals surface area contributed by atoms with E-state index < -0.39 is 0 Å². The van der Waals surface area contributed by atoms with Gasteiger partial charge in [0, 0.05) is 30.0 Å². The fraction of sp³-hybridized carbons (Fsp3) is 0.462. The SMILES string of the molecule is CCCn1ccnc1CC(=O)Cc1nc(C)cs1. The Balaban J connectivity index is 1.96. The minimum atomic E-state index is 0.174. The van der Waals surface area contributed by atoms with Crippen LogP contribution < -0.4 is 0 Å². The minimum absolute atomic E-state index is 0.174. The molecule has 0 atom stereocenters. The van der Waals surface area contributed by atoms with E-state index in [1.54, 1.807) is 17.5 Å². The number of nitrogens with zero attached hydrogens (tertiary/aromatic N) is 3. The van der Waals surface area contributed by atoms with E-state index in [2.05, 4.69) is 16.9 Å². The molecular formula is C13H17N3OS. The van der Waals surface area contributed by atoms with Crippen molar-refractivity contribution < 1.29 is 4.79 Å². The molecule has 18 heavy (non-hydrogen) atoms. The van der Waals surface area contributed by atoms with Gasteiger partial charge >= 0.3 is 0 Å². The first-order valence-electron chi connectivity index (χ1n) is 6.11. The van der Waals surface area contributed by atoms with Gasteiger partial charge in [-0.05, 0) is 13.3 Å². The fourth-order valence-electron chi connectivity index (χ4n) is 1.84. The van der Waals surface area contributed by atoms with E-state index >= 15 is 0 Å². The molecular weight excluding hydrogens is 246 g/mol. The van der Waals surface area contributed by atoms with Crippen LogP contribution >= 0.6 is 11.3 Å². The molecule has 0 aliphatic rings. The average molecular weight is 263 g/mol. The summed E-state index contributed by atoms with van der Waals surface area (Å²) in [6.07, 6.45) is 5.54. The molecule has 0 amide bonds. The second-order valence-electron chi connectivity index (χ2n) is 4.31. The quantitative estimate of drug-likeness (QED) is 0.804. The first-order valence-corrected chi connectivity index (χ1v) is 6.99. The first kappa shape index (κ1) is 13.0. The van der Waals surface area contributed by atoms with Crippen molar-refractivity contribution >= 4 is 17.1 Å². The standard InChI is InChI=1S/C13H17N3OS/c1-3-5-16-6-4-14-12(16)7-11(17)8-13-15-10(2)9-18-13/h4,6,9H,3,5,7-8H2,1-2H3. The number of ketones is 1. The van der Waals surface area contributed by atoms with E-state index in [1.165, 1.54) is 0 Å². The highest BCUT2D eigenvalue weighted by molar-refractivity contribution is 7.09. The second kappa shape index (κ2) is 5.91. The number of imidazole rings is 1. The lowest BCUT2D eigenvalue weighted by atomic mass is 10.2. The van der Waals surface area contributed by atoms with Crippen LogP contribution in [0.1, 0.15) is 29.9 Å². The molecule has 0 saturated heterocycles. The van der Waals surface area contributed by atoms with Crippen LogP contribution in [0.5, 0.6) is 0 Å². The lowest BCUT2D eigenvalue weighted by Gasteiger charge is -2.04. The molecule has 0 fully saturated rings. The summed E-state index contributed by atoms with van der Waals surface area (Å²) in [7, 11) is 0. The van der Waals surface area contributed by atoms with E-state index in [9.17, 15) is 4.79 Å². The Morgan fingerprint density at radius 1 is 1.44 bits per heavy atom. The molecule has 0 N–H and O–H groups in total. The van der Waals surface area contributed by atoms with Crippen LogP contribution in [0.15, 0.2) is 17.8 Å². The van der Waals surface area contributed by atoms with Crippen molar-refractivity contribution in [3.63, 3.8) is 0 Å².